The molecule has 0 bridgehead atoms. The Labute approximate surface area is 484 Å². The van der Waals surface area contributed by atoms with E-state index in [0.717, 1.165) is 89.9 Å². The highest BCUT2D eigenvalue weighted by molar-refractivity contribution is 5.71. The minimum Gasteiger partial charge on any atom is -0.462 e. The molecule has 0 fully saturated rings. The summed E-state index contributed by atoms with van der Waals surface area (Å²) in [5.74, 6) is -0.860. The first kappa shape index (κ1) is 74.8. The van der Waals surface area contributed by atoms with Crippen LogP contribution in [0.15, 0.2) is 72.9 Å². The molecule has 0 heterocycles. The van der Waals surface area contributed by atoms with Crippen molar-refractivity contribution in [2.45, 2.75) is 354 Å². The molecule has 78 heavy (non-hydrogen) atoms. The van der Waals surface area contributed by atoms with Gasteiger partial charge in [0.05, 0.1) is 0 Å². The summed E-state index contributed by atoms with van der Waals surface area (Å²) in [6.45, 7) is 6.57. The van der Waals surface area contributed by atoms with Gasteiger partial charge in [0, 0.05) is 19.3 Å². The van der Waals surface area contributed by atoms with E-state index in [-0.39, 0.29) is 31.1 Å². The molecule has 0 aromatic carbocycles. The summed E-state index contributed by atoms with van der Waals surface area (Å²) in [5.41, 5.74) is 0. The van der Waals surface area contributed by atoms with E-state index in [9.17, 15) is 14.4 Å². The number of rotatable bonds is 62. The standard InChI is InChI=1S/C72H128O6/c1-4-7-10-13-16-19-22-25-28-30-32-33-34-35-36-37-38-39-40-42-44-47-50-53-56-59-62-65-71(74)77-68-69(67-76-70(73)64-61-58-55-52-49-46-43-27-24-21-18-15-12-9-6-3)78-72(75)66-63-60-57-54-51-48-45-41-31-29-26-23-20-17-14-11-8-5-2/h7,10,16,19,25,28-29,31-33,35-36,69H,4-6,8-9,11-15,17-18,20-24,26-27,30,34,37-68H2,1-3H3/b10-7-,19-16-,28-25-,31-29-,33-32-,36-35-. The zero-order valence-corrected chi connectivity index (χ0v) is 51.9. The second kappa shape index (κ2) is 66.4. The van der Waals surface area contributed by atoms with Crippen molar-refractivity contribution in [3.05, 3.63) is 72.9 Å². The summed E-state index contributed by atoms with van der Waals surface area (Å²) >= 11 is 0. The molecular formula is C72H128O6. The fourth-order valence-electron chi connectivity index (χ4n) is 9.88. The molecule has 0 aliphatic rings. The Bertz CT molecular complexity index is 1440. The molecule has 0 aliphatic heterocycles. The van der Waals surface area contributed by atoms with Crippen LogP contribution in [0.25, 0.3) is 0 Å². The maximum absolute atomic E-state index is 12.9. The molecule has 0 spiro atoms. The van der Waals surface area contributed by atoms with Gasteiger partial charge in [-0.2, -0.15) is 0 Å². The number of carbonyl (C=O) groups excluding carboxylic acids is 3. The van der Waals surface area contributed by atoms with Gasteiger partial charge in [0.15, 0.2) is 6.10 Å². The van der Waals surface area contributed by atoms with E-state index in [1.807, 2.05) is 0 Å². The third kappa shape index (κ3) is 63.7. The van der Waals surface area contributed by atoms with Crippen molar-refractivity contribution in [2.24, 2.45) is 0 Å². The molecule has 1 unspecified atom stereocenters. The van der Waals surface area contributed by atoms with Gasteiger partial charge in [-0.25, -0.2) is 0 Å². The molecule has 0 saturated heterocycles. The highest BCUT2D eigenvalue weighted by atomic mass is 16.6. The Morgan fingerprint density at radius 3 is 0.795 bits per heavy atom. The molecule has 0 aromatic rings. The molecule has 0 aromatic heterocycles. The van der Waals surface area contributed by atoms with E-state index in [4.69, 9.17) is 14.2 Å². The van der Waals surface area contributed by atoms with E-state index in [2.05, 4.69) is 93.7 Å². The largest absolute Gasteiger partial charge is 0.462 e. The van der Waals surface area contributed by atoms with Crippen molar-refractivity contribution in [2.75, 3.05) is 13.2 Å². The average molecular weight is 1090 g/mol. The van der Waals surface area contributed by atoms with Gasteiger partial charge in [-0.15, -0.1) is 0 Å². The number of carbonyl (C=O) groups is 3. The zero-order chi connectivity index (χ0) is 56.4. The Balaban J connectivity index is 4.30. The second-order valence-electron chi connectivity index (χ2n) is 22.7. The summed E-state index contributed by atoms with van der Waals surface area (Å²) in [5, 5.41) is 0. The van der Waals surface area contributed by atoms with E-state index < -0.39 is 6.10 Å². The Morgan fingerprint density at radius 2 is 0.500 bits per heavy atom. The summed E-state index contributed by atoms with van der Waals surface area (Å²) in [6, 6.07) is 0. The lowest BCUT2D eigenvalue weighted by atomic mass is 10.0. The lowest BCUT2D eigenvalue weighted by molar-refractivity contribution is -0.167. The van der Waals surface area contributed by atoms with E-state index >= 15 is 0 Å². The van der Waals surface area contributed by atoms with Gasteiger partial charge in [-0.3, -0.25) is 14.4 Å². The van der Waals surface area contributed by atoms with Crippen LogP contribution in [0.1, 0.15) is 348 Å². The maximum atomic E-state index is 12.9. The number of esters is 3. The van der Waals surface area contributed by atoms with Crippen molar-refractivity contribution < 1.29 is 28.6 Å². The monoisotopic (exact) mass is 1090 g/mol. The minimum atomic E-state index is -0.778. The summed E-state index contributed by atoms with van der Waals surface area (Å²) in [7, 11) is 0. The zero-order valence-electron chi connectivity index (χ0n) is 51.9. The van der Waals surface area contributed by atoms with Gasteiger partial charge < -0.3 is 14.2 Å². The third-order valence-corrected chi connectivity index (χ3v) is 14.9. The Kier molecular flexibility index (Phi) is 63.7. The molecule has 0 radical (unpaired) electrons. The van der Waals surface area contributed by atoms with Crippen LogP contribution >= 0.6 is 0 Å². The van der Waals surface area contributed by atoms with Gasteiger partial charge in [0.2, 0.25) is 0 Å². The molecule has 0 amide bonds. The highest BCUT2D eigenvalue weighted by Gasteiger charge is 2.19. The van der Waals surface area contributed by atoms with E-state index in [0.29, 0.717) is 19.3 Å². The third-order valence-electron chi connectivity index (χ3n) is 14.9. The summed E-state index contributed by atoms with van der Waals surface area (Å²) < 4.78 is 17.0. The number of unbranched alkanes of at least 4 members (excludes halogenated alkanes) is 39. The summed E-state index contributed by atoms with van der Waals surface area (Å²) in [4.78, 5) is 38.4. The van der Waals surface area contributed by atoms with Gasteiger partial charge in [0.1, 0.15) is 13.2 Å². The SMILES string of the molecule is CC/C=C\C/C=C\C/C=C\C/C=C\C/C=C\CCCCCCCCCCCCCC(=O)OCC(COC(=O)CCCCCCCCCCCCCCCCC)OC(=O)CCCCCCCCC/C=C\CCCCCCCCC. The highest BCUT2D eigenvalue weighted by Crippen LogP contribution is 2.17. The molecular weight excluding hydrogens is 961 g/mol. The first-order valence-electron chi connectivity index (χ1n) is 33.9. The normalized spacial score (nSPS) is 12.5. The lowest BCUT2D eigenvalue weighted by Gasteiger charge is -2.18. The fourth-order valence-corrected chi connectivity index (χ4v) is 9.88. The number of hydrogen-bond acceptors (Lipinski definition) is 6. The van der Waals surface area contributed by atoms with Crippen LogP contribution < -0.4 is 0 Å². The van der Waals surface area contributed by atoms with Gasteiger partial charge >= 0.3 is 17.9 Å². The first-order chi connectivity index (χ1) is 38.5. The fraction of sp³-hybridized carbons (Fsp3) is 0.792. The topological polar surface area (TPSA) is 78.9 Å². The first-order valence-corrected chi connectivity index (χ1v) is 33.9. The molecule has 1 atom stereocenters. The van der Waals surface area contributed by atoms with Crippen LogP contribution in [0.2, 0.25) is 0 Å². The van der Waals surface area contributed by atoms with Crippen LogP contribution in [-0.2, 0) is 28.6 Å². The van der Waals surface area contributed by atoms with E-state index in [1.54, 1.807) is 0 Å². The average Bonchev–Trinajstić information content (AvgIpc) is 3.44. The minimum absolute atomic E-state index is 0.0734. The van der Waals surface area contributed by atoms with Crippen LogP contribution in [0.5, 0.6) is 0 Å². The quantitative estimate of drug-likeness (QED) is 0.0261. The number of hydrogen-bond donors (Lipinski definition) is 0. The van der Waals surface area contributed by atoms with Crippen molar-refractivity contribution in [1.82, 2.24) is 0 Å². The molecule has 0 rings (SSSR count). The van der Waals surface area contributed by atoms with Crippen molar-refractivity contribution in [3.8, 4) is 0 Å². The summed E-state index contributed by atoms with van der Waals surface area (Å²) in [6.07, 6.45) is 86.3. The predicted molar refractivity (Wildman–Crippen MR) is 339 cm³/mol. The number of allylic oxidation sites excluding steroid dienone is 12. The Morgan fingerprint density at radius 1 is 0.269 bits per heavy atom. The molecule has 6 nitrogen and oxygen atoms in total. The van der Waals surface area contributed by atoms with Gasteiger partial charge in [-0.1, -0.05) is 312 Å². The predicted octanol–water partition coefficient (Wildman–Crippen LogP) is 23.3. The maximum Gasteiger partial charge on any atom is 0.306 e. The lowest BCUT2D eigenvalue weighted by Crippen LogP contribution is -2.30. The van der Waals surface area contributed by atoms with Crippen molar-refractivity contribution in [1.29, 1.82) is 0 Å². The Hall–Kier alpha value is -3.15. The smallest absolute Gasteiger partial charge is 0.306 e. The van der Waals surface area contributed by atoms with Gasteiger partial charge in [-0.05, 0) is 89.9 Å². The molecule has 0 saturated carbocycles. The molecule has 0 N–H and O–H groups in total. The van der Waals surface area contributed by atoms with Crippen molar-refractivity contribution >= 4 is 17.9 Å². The molecule has 452 valence electrons. The van der Waals surface area contributed by atoms with Crippen LogP contribution in [0.3, 0.4) is 0 Å². The van der Waals surface area contributed by atoms with Gasteiger partial charge in [0.25, 0.3) is 0 Å². The van der Waals surface area contributed by atoms with Crippen LogP contribution in [0, 0.1) is 0 Å². The molecule has 0 aliphatic carbocycles. The van der Waals surface area contributed by atoms with Crippen LogP contribution in [0.4, 0.5) is 0 Å². The second-order valence-corrected chi connectivity index (χ2v) is 22.7. The van der Waals surface area contributed by atoms with Crippen LogP contribution in [-0.4, -0.2) is 37.2 Å². The molecule has 6 heteroatoms. The number of ether oxygens (including phenoxy) is 3. The van der Waals surface area contributed by atoms with E-state index in [1.165, 1.54) is 218 Å². The van der Waals surface area contributed by atoms with Crippen molar-refractivity contribution in [3.63, 3.8) is 0 Å².